The van der Waals surface area contributed by atoms with Crippen molar-refractivity contribution in [3.05, 3.63) is 234 Å². The Morgan fingerprint density at radius 2 is 0.598 bits per heavy atom. The summed E-state index contributed by atoms with van der Waals surface area (Å²) in [6.45, 7) is 19.3. The first kappa shape index (κ1) is 64.3. The number of nitrogens with zero attached hydrogens (tertiary/aromatic N) is 1. The van der Waals surface area contributed by atoms with Gasteiger partial charge in [0.15, 0.2) is 0 Å². The number of nitro benzene ring substituents is 1. The van der Waals surface area contributed by atoms with Crippen molar-refractivity contribution in [3.8, 4) is 51.7 Å². The molecule has 1 N–H and O–H groups in total. The van der Waals surface area contributed by atoms with Crippen molar-refractivity contribution in [2.75, 3.05) is 13.2 Å². The largest absolute Gasteiger partial charge is 0.494 e. The van der Waals surface area contributed by atoms with E-state index < -0.39 is 11.5 Å². The van der Waals surface area contributed by atoms with E-state index in [2.05, 4.69) is 116 Å². The molecule has 0 saturated carbocycles. The van der Waals surface area contributed by atoms with Crippen LogP contribution in [0, 0.1) is 51.7 Å². The Hall–Kier alpha value is -8.68. The summed E-state index contributed by atoms with van der Waals surface area (Å²) in [5, 5.41) is 21.7. The predicted molar refractivity (Wildman–Crippen MR) is 342 cm³/mol. The maximum Gasteiger partial charge on any atom is 0.275 e. The van der Waals surface area contributed by atoms with Crippen LogP contribution >= 0.6 is 0 Å². The monoisotopic (exact) mass is 1180 g/mol. The molecule has 87 heavy (non-hydrogen) atoms. The Bertz CT molecular complexity index is 3310. The molecular weight excluding hydrogens is 1090 g/mol. The third kappa shape index (κ3) is 21.4. The van der Waals surface area contributed by atoms with Crippen molar-refractivity contribution >= 4 is 5.69 Å². The number of aryl methyl sites for hydroxylation is 6. The molecule has 8 aromatic carbocycles. The standard InChI is InChI=1S/C74H85NO12/c1-9-11-13-15-19-79-66-29-55(7)27-59(31-66)46-84-70-37-62(35-68(40-70)82-44-57-23-51(3)21-52(4)24-57)49-86-72-33-61(48-81-65-17-18-74(75(77)78)64(39-65)43-76)34-73(42-72)87-50-63-36-69(83-45-58-25-53(5)22-54(6)26-58)41-71(38-63)85-47-60-28-56(8)30-67(32-60)80-20-16-14-12-10-2/h17-18,21-42,76H,9-16,19-20,43-50H2,1-8H3. The van der Waals surface area contributed by atoms with E-state index >= 15 is 0 Å². The summed E-state index contributed by atoms with van der Waals surface area (Å²) in [6, 6.07) is 46.7. The Labute approximate surface area is 514 Å². The molecule has 8 aromatic rings. The van der Waals surface area contributed by atoms with Crippen molar-refractivity contribution in [1.82, 2.24) is 0 Å². The van der Waals surface area contributed by atoms with Gasteiger partial charge >= 0.3 is 0 Å². The van der Waals surface area contributed by atoms with E-state index in [1.165, 1.54) is 43.9 Å². The number of hydrogen-bond acceptors (Lipinski definition) is 12. The first-order chi connectivity index (χ1) is 42.1. The molecule has 0 saturated heterocycles. The van der Waals surface area contributed by atoms with Gasteiger partial charge in [0.05, 0.1) is 30.3 Å². The van der Waals surface area contributed by atoms with Gasteiger partial charge in [-0.1, -0.05) is 123 Å². The number of aliphatic hydroxyl groups excluding tert-OH is 1. The molecule has 0 radical (unpaired) electrons. The molecule has 0 aliphatic heterocycles. The van der Waals surface area contributed by atoms with E-state index in [0.29, 0.717) is 85.5 Å². The Morgan fingerprint density at radius 3 is 0.897 bits per heavy atom. The van der Waals surface area contributed by atoms with Crippen molar-refractivity contribution in [2.24, 2.45) is 0 Å². The van der Waals surface area contributed by atoms with Crippen LogP contribution in [0.25, 0.3) is 0 Å². The second kappa shape index (κ2) is 32.7. The van der Waals surface area contributed by atoms with Gasteiger partial charge in [0.1, 0.15) is 98.0 Å². The molecule has 0 aromatic heterocycles. The average Bonchev–Trinajstić information content (AvgIpc) is 3.61. The highest BCUT2D eigenvalue weighted by molar-refractivity contribution is 5.47. The van der Waals surface area contributed by atoms with Crippen molar-refractivity contribution in [2.45, 2.75) is 160 Å². The summed E-state index contributed by atoms with van der Waals surface area (Å²) in [6.07, 6.45) is 9.04. The summed E-state index contributed by atoms with van der Waals surface area (Å²) in [7, 11) is 0. The highest BCUT2D eigenvalue weighted by Crippen LogP contribution is 2.33. The van der Waals surface area contributed by atoms with E-state index in [1.807, 2.05) is 66.7 Å². The van der Waals surface area contributed by atoms with Gasteiger partial charge in [-0.15, -0.1) is 0 Å². The molecule has 0 aliphatic carbocycles. The second-order valence-corrected chi connectivity index (χ2v) is 22.8. The zero-order valence-corrected chi connectivity index (χ0v) is 52.0. The van der Waals surface area contributed by atoms with Crippen LogP contribution in [0.2, 0.25) is 0 Å². The fraction of sp³-hybridized carbons (Fsp3) is 0.351. The highest BCUT2D eigenvalue weighted by Gasteiger charge is 2.16. The van der Waals surface area contributed by atoms with Crippen LogP contribution in [-0.2, 0) is 52.9 Å². The lowest BCUT2D eigenvalue weighted by molar-refractivity contribution is -0.385. The fourth-order valence-corrected chi connectivity index (χ4v) is 10.5. The molecule has 0 aliphatic rings. The normalized spacial score (nSPS) is 11.0. The average molecular weight is 1180 g/mol. The van der Waals surface area contributed by atoms with Crippen molar-refractivity contribution in [3.63, 3.8) is 0 Å². The SMILES string of the molecule is CCCCCCOc1cc(C)cc(COc2cc(COc3cc(COc4ccc([N+](=O)[O-])c(CO)c4)cc(OCc4cc(OCc5cc(C)cc(C)c5)cc(OCc5cc(C)cc(OCCCCCC)c5)c4)c3)cc(OCc3cc(C)cc(C)c3)c2)c1. The van der Waals surface area contributed by atoms with Crippen LogP contribution in [0.3, 0.4) is 0 Å². The summed E-state index contributed by atoms with van der Waals surface area (Å²) in [5.74, 6) is 5.46. The van der Waals surface area contributed by atoms with E-state index in [4.69, 9.17) is 42.6 Å². The lowest BCUT2D eigenvalue weighted by Crippen LogP contribution is -2.04. The maximum absolute atomic E-state index is 11.7. The number of unbranched alkanes of at least 4 members (excludes halogenated alkanes) is 6. The van der Waals surface area contributed by atoms with Gasteiger partial charge in [-0.2, -0.15) is 0 Å². The van der Waals surface area contributed by atoms with Crippen LogP contribution < -0.4 is 42.6 Å². The number of ether oxygens (including phenoxy) is 9. The number of hydrogen-bond donors (Lipinski definition) is 1. The molecule has 0 amide bonds. The zero-order chi connectivity index (χ0) is 61.5. The van der Waals surface area contributed by atoms with Gasteiger partial charge in [0.2, 0.25) is 0 Å². The van der Waals surface area contributed by atoms with E-state index in [-0.39, 0.29) is 31.1 Å². The maximum atomic E-state index is 11.7. The molecule has 13 heteroatoms. The predicted octanol–water partition coefficient (Wildman–Crippen LogP) is 17.9. The van der Waals surface area contributed by atoms with Crippen LogP contribution in [0.15, 0.2) is 146 Å². The van der Waals surface area contributed by atoms with E-state index in [0.717, 1.165) is 104 Å². The van der Waals surface area contributed by atoms with Crippen LogP contribution in [0.4, 0.5) is 5.69 Å². The Balaban J connectivity index is 1.05. The van der Waals surface area contributed by atoms with Gasteiger partial charge in [-0.3, -0.25) is 10.1 Å². The van der Waals surface area contributed by atoms with Gasteiger partial charge in [-0.25, -0.2) is 0 Å². The highest BCUT2D eigenvalue weighted by atomic mass is 16.6. The molecule has 0 atom stereocenters. The van der Waals surface area contributed by atoms with Crippen LogP contribution in [0.5, 0.6) is 51.7 Å². The molecule has 0 fully saturated rings. The molecular formula is C74H85NO12. The van der Waals surface area contributed by atoms with E-state index in [1.54, 1.807) is 0 Å². The minimum Gasteiger partial charge on any atom is -0.494 e. The molecule has 0 spiro atoms. The van der Waals surface area contributed by atoms with Crippen molar-refractivity contribution < 1.29 is 52.7 Å². The zero-order valence-electron chi connectivity index (χ0n) is 52.0. The Morgan fingerprint density at radius 1 is 0.322 bits per heavy atom. The fourth-order valence-electron chi connectivity index (χ4n) is 10.5. The smallest absolute Gasteiger partial charge is 0.275 e. The molecule has 458 valence electrons. The van der Waals surface area contributed by atoms with E-state index in [9.17, 15) is 15.2 Å². The summed E-state index contributed by atoms with van der Waals surface area (Å²) < 4.78 is 57.9. The van der Waals surface area contributed by atoms with Gasteiger partial charge in [0.25, 0.3) is 5.69 Å². The molecule has 0 heterocycles. The Kier molecular flexibility index (Phi) is 24.2. The third-order valence-corrected chi connectivity index (χ3v) is 14.4. The molecule has 13 nitrogen and oxygen atoms in total. The first-order valence-corrected chi connectivity index (χ1v) is 30.4. The van der Waals surface area contributed by atoms with Crippen LogP contribution in [0.1, 0.15) is 143 Å². The summed E-state index contributed by atoms with van der Waals surface area (Å²) >= 11 is 0. The minimum absolute atomic E-state index is 0.0465. The number of benzene rings is 8. The van der Waals surface area contributed by atoms with Crippen LogP contribution in [-0.4, -0.2) is 23.2 Å². The second-order valence-electron chi connectivity index (χ2n) is 22.8. The molecule has 8 rings (SSSR count). The number of nitro groups is 1. The number of rotatable bonds is 35. The minimum atomic E-state index is -0.526. The topological polar surface area (TPSA) is 146 Å². The quantitative estimate of drug-likeness (QED) is 0.0229. The van der Waals surface area contributed by atoms with Gasteiger partial charge in [0, 0.05) is 24.3 Å². The lowest BCUT2D eigenvalue weighted by Gasteiger charge is -2.16. The summed E-state index contributed by atoms with van der Waals surface area (Å²) in [5.41, 5.74) is 13.2. The number of aliphatic hydroxyl groups is 1. The lowest BCUT2D eigenvalue weighted by atomic mass is 10.1. The van der Waals surface area contributed by atoms with Crippen molar-refractivity contribution in [1.29, 1.82) is 0 Å². The van der Waals surface area contributed by atoms with Gasteiger partial charge in [-0.05, 0) is 177 Å². The molecule has 0 unspecified atom stereocenters. The first-order valence-electron chi connectivity index (χ1n) is 30.4. The molecule has 0 bridgehead atoms. The summed E-state index contributed by atoms with van der Waals surface area (Å²) in [4.78, 5) is 11.2. The third-order valence-electron chi connectivity index (χ3n) is 14.4. The van der Waals surface area contributed by atoms with Gasteiger partial charge < -0.3 is 47.7 Å².